The molecule has 5 heteroatoms. The molecular weight excluding hydrogens is 230 g/mol. The van der Waals surface area contributed by atoms with Crippen LogP contribution < -0.4 is 4.74 Å². The third-order valence-electron chi connectivity index (χ3n) is 3.08. The number of methoxy groups -OCH3 is 1. The van der Waals surface area contributed by atoms with E-state index in [1.807, 2.05) is 19.2 Å². The molecule has 2 heterocycles. The summed E-state index contributed by atoms with van der Waals surface area (Å²) in [4.78, 5) is 4.49. The molecule has 3 rings (SSSR count). The van der Waals surface area contributed by atoms with Gasteiger partial charge >= 0.3 is 0 Å². The third-order valence-corrected chi connectivity index (χ3v) is 3.08. The first-order chi connectivity index (χ1) is 8.79. The van der Waals surface area contributed by atoms with E-state index in [0.29, 0.717) is 12.4 Å². The lowest BCUT2D eigenvalue weighted by atomic mass is 10.1. The first kappa shape index (κ1) is 11.2. The van der Waals surface area contributed by atoms with Crippen LogP contribution in [0, 0.1) is 0 Å². The average molecular weight is 245 g/mol. The van der Waals surface area contributed by atoms with Crippen LogP contribution in [0.1, 0.15) is 11.4 Å². The van der Waals surface area contributed by atoms with Crippen LogP contribution in [-0.2, 0) is 24.8 Å². The van der Waals surface area contributed by atoms with E-state index in [4.69, 9.17) is 9.47 Å². The predicted octanol–water partition coefficient (Wildman–Crippen LogP) is 1.56. The largest absolute Gasteiger partial charge is 0.492 e. The minimum absolute atomic E-state index is 0.458. The lowest BCUT2D eigenvalue weighted by Crippen LogP contribution is -2.00. The molecule has 1 aliphatic rings. The Balaban J connectivity index is 2.05. The molecule has 1 aliphatic heterocycles. The fraction of sp³-hybridized carbons (Fsp3) is 0.385. The van der Waals surface area contributed by atoms with Crippen molar-refractivity contribution in [1.29, 1.82) is 0 Å². The van der Waals surface area contributed by atoms with Gasteiger partial charge < -0.3 is 9.47 Å². The molecule has 0 N–H and O–H groups in total. The van der Waals surface area contributed by atoms with Crippen molar-refractivity contribution in [1.82, 2.24) is 14.8 Å². The van der Waals surface area contributed by atoms with Crippen molar-refractivity contribution < 1.29 is 9.47 Å². The highest BCUT2D eigenvalue weighted by atomic mass is 16.5. The zero-order chi connectivity index (χ0) is 12.5. The maximum atomic E-state index is 5.67. The van der Waals surface area contributed by atoms with E-state index in [2.05, 4.69) is 16.1 Å². The van der Waals surface area contributed by atoms with Gasteiger partial charge in [-0.25, -0.2) is 4.98 Å². The van der Waals surface area contributed by atoms with Gasteiger partial charge in [-0.15, -0.1) is 0 Å². The van der Waals surface area contributed by atoms with Crippen LogP contribution >= 0.6 is 0 Å². The van der Waals surface area contributed by atoms with Gasteiger partial charge in [-0.3, -0.25) is 4.68 Å². The number of aryl methyl sites for hydroxylation is 1. The summed E-state index contributed by atoms with van der Waals surface area (Å²) in [6.07, 6.45) is 0.959. The highest BCUT2D eigenvalue weighted by Crippen LogP contribution is 2.35. The molecule has 0 saturated heterocycles. The van der Waals surface area contributed by atoms with Crippen molar-refractivity contribution in [2.24, 2.45) is 7.05 Å². The zero-order valence-electron chi connectivity index (χ0n) is 10.5. The quantitative estimate of drug-likeness (QED) is 0.823. The first-order valence-corrected chi connectivity index (χ1v) is 5.93. The number of ether oxygens (including phenoxy) is 2. The fourth-order valence-electron chi connectivity index (χ4n) is 2.18. The van der Waals surface area contributed by atoms with Crippen LogP contribution in [0.2, 0.25) is 0 Å². The number of para-hydroxylation sites is 1. The van der Waals surface area contributed by atoms with Gasteiger partial charge in [-0.2, -0.15) is 5.10 Å². The summed E-state index contributed by atoms with van der Waals surface area (Å²) >= 11 is 0. The molecule has 0 saturated carbocycles. The minimum atomic E-state index is 0.458. The number of hydrogen-bond acceptors (Lipinski definition) is 4. The van der Waals surface area contributed by atoms with Crippen LogP contribution in [0.4, 0.5) is 0 Å². The molecule has 18 heavy (non-hydrogen) atoms. The minimum Gasteiger partial charge on any atom is -0.492 e. The van der Waals surface area contributed by atoms with Crippen molar-refractivity contribution in [2.75, 3.05) is 13.7 Å². The summed E-state index contributed by atoms with van der Waals surface area (Å²) in [6.45, 7) is 1.20. The standard InChI is InChI=1S/C13H15N3O2/c1-16-11(8-17-2)14-13(15-16)10-5-3-4-9-6-7-18-12(9)10/h3-5H,6-8H2,1-2H3. The Kier molecular flexibility index (Phi) is 2.76. The highest BCUT2D eigenvalue weighted by Gasteiger charge is 2.20. The van der Waals surface area contributed by atoms with Crippen molar-refractivity contribution in [2.45, 2.75) is 13.0 Å². The summed E-state index contributed by atoms with van der Waals surface area (Å²) in [5, 5.41) is 4.42. The molecule has 0 unspecified atom stereocenters. The molecule has 0 radical (unpaired) electrons. The monoisotopic (exact) mass is 245 g/mol. The van der Waals surface area contributed by atoms with Crippen molar-refractivity contribution in [3.05, 3.63) is 29.6 Å². The van der Waals surface area contributed by atoms with Gasteiger partial charge in [0.05, 0.1) is 12.2 Å². The number of hydrogen-bond donors (Lipinski definition) is 0. The SMILES string of the molecule is COCc1nc(-c2cccc3c2OCC3)nn1C. The normalized spacial score (nSPS) is 13.4. The maximum absolute atomic E-state index is 5.67. The number of aromatic nitrogens is 3. The molecule has 0 spiro atoms. The Morgan fingerprint density at radius 2 is 2.33 bits per heavy atom. The molecular formula is C13H15N3O2. The van der Waals surface area contributed by atoms with E-state index < -0.39 is 0 Å². The van der Waals surface area contributed by atoms with E-state index in [0.717, 1.165) is 30.2 Å². The molecule has 94 valence electrons. The van der Waals surface area contributed by atoms with Gasteiger partial charge in [0.2, 0.25) is 0 Å². The molecule has 1 aromatic heterocycles. The van der Waals surface area contributed by atoms with E-state index in [1.165, 1.54) is 5.56 Å². The predicted molar refractivity (Wildman–Crippen MR) is 66.4 cm³/mol. The molecule has 0 bridgehead atoms. The van der Waals surface area contributed by atoms with Gasteiger partial charge in [0.1, 0.15) is 12.4 Å². The topological polar surface area (TPSA) is 49.2 Å². The van der Waals surface area contributed by atoms with Gasteiger partial charge in [-0.1, -0.05) is 12.1 Å². The molecule has 0 atom stereocenters. The fourth-order valence-corrected chi connectivity index (χ4v) is 2.18. The second-order valence-corrected chi connectivity index (χ2v) is 4.30. The number of fused-ring (bicyclic) bond motifs is 1. The summed E-state index contributed by atoms with van der Waals surface area (Å²) in [6, 6.07) is 6.11. The smallest absolute Gasteiger partial charge is 0.185 e. The van der Waals surface area contributed by atoms with E-state index >= 15 is 0 Å². The average Bonchev–Trinajstić information content (AvgIpc) is 2.96. The zero-order valence-corrected chi connectivity index (χ0v) is 10.5. The van der Waals surface area contributed by atoms with Gasteiger partial charge in [0.15, 0.2) is 11.6 Å². The van der Waals surface area contributed by atoms with Crippen molar-refractivity contribution in [3.63, 3.8) is 0 Å². The molecule has 1 aromatic carbocycles. The Morgan fingerprint density at radius 1 is 1.44 bits per heavy atom. The van der Waals surface area contributed by atoms with Gasteiger partial charge in [-0.05, 0) is 11.6 Å². The van der Waals surface area contributed by atoms with Crippen LogP contribution in [0.3, 0.4) is 0 Å². The number of nitrogens with zero attached hydrogens (tertiary/aromatic N) is 3. The van der Waals surface area contributed by atoms with E-state index in [1.54, 1.807) is 11.8 Å². The van der Waals surface area contributed by atoms with Gasteiger partial charge in [0, 0.05) is 20.6 Å². The molecule has 0 amide bonds. The Labute approximate surface area is 105 Å². The lowest BCUT2D eigenvalue weighted by Gasteiger charge is -2.03. The molecule has 0 aliphatic carbocycles. The van der Waals surface area contributed by atoms with E-state index in [-0.39, 0.29) is 0 Å². The van der Waals surface area contributed by atoms with Crippen LogP contribution in [0.25, 0.3) is 11.4 Å². The van der Waals surface area contributed by atoms with Crippen LogP contribution in [0.5, 0.6) is 5.75 Å². The molecule has 2 aromatic rings. The van der Waals surface area contributed by atoms with E-state index in [9.17, 15) is 0 Å². The summed E-state index contributed by atoms with van der Waals surface area (Å²) < 4.78 is 12.5. The second-order valence-electron chi connectivity index (χ2n) is 4.30. The lowest BCUT2D eigenvalue weighted by molar-refractivity contribution is 0.174. The van der Waals surface area contributed by atoms with Crippen molar-refractivity contribution in [3.8, 4) is 17.1 Å². The van der Waals surface area contributed by atoms with Crippen molar-refractivity contribution >= 4 is 0 Å². The molecule has 5 nitrogen and oxygen atoms in total. The first-order valence-electron chi connectivity index (χ1n) is 5.93. The Morgan fingerprint density at radius 3 is 3.17 bits per heavy atom. The van der Waals surface area contributed by atoms with Gasteiger partial charge in [0.25, 0.3) is 0 Å². The van der Waals surface area contributed by atoms with Crippen LogP contribution in [-0.4, -0.2) is 28.5 Å². The highest BCUT2D eigenvalue weighted by molar-refractivity contribution is 5.67. The summed E-state index contributed by atoms with van der Waals surface area (Å²) in [5.74, 6) is 2.43. The number of rotatable bonds is 3. The third kappa shape index (κ3) is 1.76. The number of benzene rings is 1. The molecule has 0 fully saturated rings. The van der Waals surface area contributed by atoms with Crippen LogP contribution in [0.15, 0.2) is 18.2 Å². The maximum Gasteiger partial charge on any atom is 0.185 e. The Bertz CT molecular complexity index is 578. The Hall–Kier alpha value is -1.88. The summed E-state index contributed by atoms with van der Waals surface area (Å²) in [7, 11) is 3.52. The second kappa shape index (κ2) is 4.42. The summed E-state index contributed by atoms with van der Waals surface area (Å²) in [5.41, 5.74) is 2.19.